The molecule has 0 spiro atoms. The second kappa shape index (κ2) is 8.63. The number of aryl methyl sites for hydroxylation is 1. The second-order valence-electron chi connectivity index (χ2n) is 5.52. The highest BCUT2D eigenvalue weighted by Gasteiger charge is 2.27. The molecule has 2 rings (SSSR count). The molecule has 1 aliphatic heterocycles. The Morgan fingerprint density at radius 3 is 2.48 bits per heavy atom. The van der Waals surface area contributed by atoms with Crippen LogP contribution in [0, 0.1) is 6.92 Å². The lowest BCUT2D eigenvalue weighted by atomic mass is 10.2. The van der Waals surface area contributed by atoms with Gasteiger partial charge in [-0.1, -0.05) is 12.5 Å². The van der Waals surface area contributed by atoms with E-state index in [9.17, 15) is 13.2 Å². The SMILES string of the molecule is CNCC(=O)Nc1ccc(C)c(S(=O)(=O)N2CCCCC2)c1.Cl. The van der Waals surface area contributed by atoms with Crippen LogP contribution in [0.3, 0.4) is 0 Å². The predicted molar refractivity (Wildman–Crippen MR) is 93.6 cm³/mol. The van der Waals surface area contributed by atoms with E-state index in [1.165, 1.54) is 4.31 Å². The van der Waals surface area contributed by atoms with Gasteiger partial charge in [0.1, 0.15) is 0 Å². The number of anilines is 1. The largest absolute Gasteiger partial charge is 0.325 e. The van der Waals surface area contributed by atoms with Gasteiger partial charge in [0.05, 0.1) is 11.4 Å². The van der Waals surface area contributed by atoms with Crippen molar-refractivity contribution in [1.29, 1.82) is 0 Å². The first-order chi connectivity index (χ1) is 10.4. The van der Waals surface area contributed by atoms with Gasteiger partial charge >= 0.3 is 0 Å². The molecule has 1 fully saturated rings. The molecular weight excluding hydrogens is 338 g/mol. The summed E-state index contributed by atoms with van der Waals surface area (Å²) in [6, 6.07) is 5.00. The first-order valence-corrected chi connectivity index (χ1v) is 8.94. The van der Waals surface area contributed by atoms with Crippen LogP contribution >= 0.6 is 12.4 Å². The molecule has 1 amide bonds. The molecule has 130 valence electrons. The van der Waals surface area contributed by atoms with E-state index in [1.807, 2.05) is 0 Å². The van der Waals surface area contributed by atoms with E-state index in [1.54, 1.807) is 32.2 Å². The van der Waals surface area contributed by atoms with Gasteiger partial charge in [-0.15, -0.1) is 12.4 Å². The maximum atomic E-state index is 12.8. The summed E-state index contributed by atoms with van der Waals surface area (Å²) in [6.07, 6.45) is 2.87. The number of likely N-dealkylation sites (N-methyl/N-ethyl adjacent to an activating group) is 1. The summed E-state index contributed by atoms with van der Waals surface area (Å²) >= 11 is 0. The number of sulfonamides is 1. The summed E-state index contributed by atoms with van der Waals surface area (Å²) in [6.45, 7) is 3.09. The number of nitrogens with zero attached hydrogens (tertiary/aromatic N) is 1. The molecule has 1 aromatic rings. The number of carbonyl (C=O) groups is 1. The number of hydrogen-bond donors (Lipinski definition) is 2. The molecule has 23 heavy (non-hydrogen) atoms. The summed E-state index contributed by atoms with van der Waals surface area (Å²) in [4.78, 5) is 11.9. The monoisotopic (exact) mass is 361 g/mol. The average Bonchev–Trinajstić information content (AvgIpc) is 2.50. The van der Waals surface area contributed by atoms with Crippen molar-refractivity contribution in [3.8, 4) is 0 Å². The van der Waals surface area contributed by atoms with Crippen molar-refractivity contribution in [3.05, 3.63) is 23.8 Å². The molecule has 1 aromatic carbocycles. The number of halogens is 1. The van der Waals surface area contributed by atoms with Gasteiger partial charge in [-0.2, -0.15) is 4.31 Å². The molecule has 0 radical (unpaired) electrons. The third-order valence-electron chi connectivity index (χ3n) is 3.74. The lowest BCUT2D eigenvalue weighted by molar-refractivity contribution is -0.115. The van der Waals surface area contributed by atoms with Crippen LogP contribution in [0.15, 0.2) is 23.1 Å². The van der Waals surface area contributed by atoms with Crippen LogP contribution < -0.4 is 10.6 Å². The topological polar surface area (TPSA) is 78.5 Å². The molecule has 0 aliphatic carbocycles. The highest BCUT2D eigenvalue weighted by molar-refractivity contribution is 7.89. The molecule has 1 saturated heterocycles. The lowest BCUT2D eigenvalue weighted by Gasteiger charge is -2.26. The molecule has 1 aliphatic rings. The van der Waals surface area contributed by atoms with Crippen molar-refractivity contribution in [2.45, 2.75) is 31.1 Å². The molecule has 0 saturated carbocycles. The number of piperidine rings is 1. The Kier molecular flexibility index (Phi) is 7.47. The van der Waals surface area contributed by atoms with E-state index in [2.05, 4.69) is 10.6 Å². The van der Waals surface area contributed by atoms with E-state index in [-0.39, 0.29) is 29.8 Å². The van der Waals surface area contributed by atoms with E-state index in [0.717, 1.165) is 19.3 Å². The van der Waals surface area contributed by atoms with Crippen LogP contribution in [0.25, 0.3) is 0 Å². The fourth-order valence-corrected chi connectivity index (χ4v) is 4.33. The number of rotatable bonds is 5. The number of hydrogen-bond acceptors (Lipinski definition) is 4. The zero-order chi connectivity index (χ0) is 16.2. The third kappa shape index (κ3) is 4.91. The minimum Gasteiger partial charge on any atom is -0.325 e. The van der Waals surface area contributed by atoms with Crippen molar-refractivity contribution in [3.63, 3.8) is 0 Å². The first-order valence-electron chi connectivity index (χ1n) is 7.50. The quantitative estimate of drug-likeness (QED) is 0.837. The van der Waals surface area contributed by atoms with Gasteiger partial charge in [-0.05, 0) is 44.5 Å². The van der Waals surface area contributed by atoms with Crippen molar-refractivity contribution in [2.75, 3.05) is 32.0 Å². The summed E-state index contributed by atoms with van der Waals surface area (Å²) < 4.78 is 27.1. The Labute approximate surface area is 144 Å². The van der Waals surface area contributed by atoms with Crippen LogP contribution in [0.1, 0.15) is 24.8 Å². The third-order valence-corrected chi connectivity index (χ3v) is 5.78. The fourth-order valence-electron chi connectivity index (χ4n) is 2.57. The van der Waals surface area contributed by atoms with Crippen LogP contribution in [0.5, 0.6) is 0 Å². The molecule has 0 aromatic heterocycles. The predicted octanol–water partition coefficient (Wildman–Crippen LogP) is 1.75. The molecule has 2 N–H and O–H groups in total. The Morgan fingerprint density at radius 1 is 1.22 bits per heavy atom. The fraction of sp³-hybridized carbons (Fsp3) is 0.533. The van der Waals surface area contributed by atoms with Gasteiger partial charge in [-0.3, -0.25) is 4.79 Å². The van der Waals surface area contributed by atoms with E-state index < -0.39 is 10.0 Å². The average molecular weight is 362 g/mol. The Balaban J connectivity index is 0.00000264. The molecule has 8 heteroatoms. The van der Waals surface area contributed by atoms with E-state index in [4.69, 9.17) is 0 Å². The van der Waals surface area contributed by atoms with Crippen molar-refractivity contribution >= 4 is 34.0 Å². The minimum atomic E-state index is -3.50. The highest BCUT2D eigenvalue weighted by atomic mass is 35.5. The van der Waals surface area contributed by atoms with Crippen LogP contribution in [0.2, 0.25) is 0 Å². The van der Waals surface area contributed by atoms with Gasteiger partial charge in [-0.25, -0.2) is 8.42 Å². The molecule has 0 bridgehead atoms. The number of carbonyl (C=O) groups excluding carboxylic acids is 1. The van der Waals surface area contributed by atoms with Crippen molar-refractivity contribution in [2.24, 2.45) is 0 Å². The zero-order valence-electron chi connectivity index (χ0n) is 13.5. The van der Waals surface area contributed by atoms with Crippen LogP contribution in [-0.4, -0.2) is 45.3 Å². The molecule has 0 unspecified atom stereocenters. The standard InChI is InChI=1S/C15H23N3O3S.ClH/c1-12-6-7-13(17-15(19)11-16-2)10-14(12)22(20,21)18-8-4-3-5-9-18;/h6-7,10,16H,3-5,8-9,11H2,1-2H3,(H,17,19);1H. The normalized spacial score (nSPS) is 15.7. The van der Waals surface area contributed by atoms with Crippen molar-refractivity contribution in [1.82, 2.24) is 9.62 Å². The second-order valence-corrected chi connectivity index (χ2v) is 7.43. The van der Waals surface area contributed by atoms with Crippen LogP contribution in [-0.2, 0) is 14.8 Å². The molecule has 6 nitrogen and oxygen atoms in total. The Morgan fingerprint density at radius 2 is 1.87 bits per heavy atom. The van der Waals surface area contributed by atoms with Gasteiger partial charge in [0.2, 0.25) is 15.9 Å². The molecular formula is C15H24ClN3O3S. The first kappa shape index (κ1) is 19.9. The Hall–Kier alpha value is -1.15. The zero-order valence-corrected chi connectivity index (χ0v) is 15.1. The minimum absolute atomic E-state index is 0. The number of nitrogens with one attached hydrogen (secondary N) is 2. The smallest absolute Gasteiger partial charge is 0.243 e. The maximum Gasteiger partial charge on any atom is 0.243 e. The van der Waals surface area contributed by atoms with Gasteiger partial charge in [0, 0.05) is 18.8 Å². The van der Waals surface area contributed by atoms with Gasteiger partial charge in [0.25, 0.3) is 0 Å². The Bertz CT molecular complexity index is 643. The summed E-state index contributed by atoms with van der Waals surface area (Å²) in [5, 5.41) is 5.46. The van der Waals surface area contributed by atoms with Gasteiger partial charge < -0.3 is 10.6 Å². The summed E-state index contributed by atoms with van der Waals surface area (Å²) in [5.74, 6) is -0.201. The van der Waals surface area contributed by atoms with Crippen LogP contribution in [0.4, 0.5) is 5.69 Å². The molecule has 0 atom stereocenters. The molecule has 1 heterocycles. The van der Waals surface area contributed by atoms with Crippen molar-refractivity contribution < 1.29 is 13.2 Å². The highest BCUT2D eigenvalue weighted by Crippen LogP contribution is 2.25. The van der Waals surface area contributed by atoms with E-state index >= 15 is 0 Å². The maximum absolute atomic E-state index is 12.8. The summed E-state index contributed by atoms with van der Waals surface area (Å²) in [5.41, 5.74) is 1.19. The van der Waals surface area contributed by atoms with Gasteiger partial charge in [0.15, 0.2) is 0 Å². The number of benzene rings is 1. The lowest BCUT2D eigenvalue weighted by Crippen LogP contribution is -2.36. The summed E-state index contributed by atoms with van der Waals surface area (Å²) in [7, 11) is -1.82. The van der Waals surface area contributed by atoms with E-state index in [0.29, 0.717) is 24.3 Å². The number of amides is 1.